The Hall–Kier alpha value is -1.33. The van der Waals surface area contributed by atoms with Crippen molar-refractivity contribution in [2.45, 2.75) is 26.4 Å². The normalized spacial score (nSPS) is 11.4. The molecule has 5 nitrogen and oxygen atoms in total. The highest BCUT2D eigenvalue weighted by Gasteiger charge is 2.19. The molecule has 0 fully saturated rings. The molecule has 0 atom stereocenters. The van der Waals surface area contributed by atoms with E-state index in [4.69, 9.17) is 16.7 Å². The number of hydrogen-bond donors (Lipinski definition) is 2. The van der Waals surface area contributed by atoms with Crippen LogP contribution in [-0.2, 0) is 0 Å². The average Bonchev–Trinajstić information content (AvgIpc) is 2.23. The van der Waals surface area contributed by atoms with Crippen molar-refractivity contribution in [3.63, 3.8) is 0 Å². The fraction of sp³-hybridized carbons (Fsp3) is 0.500. The molecule has 1 heterocycles. The number of likely N-dealkylation sites (N-methyl/N-ethyl adjacent to an activating group) is 1. The highest BCUT2D eigenvalue weighted by molar-refractivity contribution is 6.29. The molecular weight excluding hydrogens is 256 g/mol. The molecule has 0 aliphatic carbocycles. The topological polar surface area (TPSA) is 73.7 Å². The van der Waals surface area contributed by atoms with Crippen molar-refractivity contribution in [2.75, 3.05) is 18.0 Å². The Morgan fingerprint density at radius 1 is 1.50 bits per heavy atom. The summed E-state index contributed by atoms with van der Waals surface area (Å²) in [5.41, 5.74) is -0.817. The number of carbonyl (C=O) groups is 1. The van der Waals surface area contributed by atoms with Crippen LogP contribution in [0.4, 0.5) is 5.82 Å². The molecule has 1 aromatic heterocycles. The number of nitrogens with zero attached hydrogens (tertiary/aromatic N) is 2. The van der Waals surface area contributed by atoms with Crippen molar-refractivity contribution in [2.24, 2.45) is 0 Å². The molecule has 100 valence electrons. The highest BCUT2D eigenvalue weighted by atomic mass is 35.5. The summed E-state index contributed by atoms with van der Waals surface area (Å²) in [6.07, 6.45) is 0. The minimum Gasteiger partial charge on any atom is -0.478 e. The number of pyridine rings is 1. The molecule has 0 saturated carbocycles. The van der Waals surface area contributed by atoms with Gasteiger partial charge in [0.15, 0.2) is 0 Å². The number of carboxylic acids is 1. The lowest BCUT2D eigenvalue weighted by atomic mass is 10.1. The maximum Gasteiger partial charge on any atom is 0.335 e. The van der Waals surface area contributed by atoms with Gasteiger partial charge >= 0.3 is 5.97 Å². The molecule has 0 spiro atoms. The van der Waals surface area contributed by atoms with Gasteiger partial charge in [-0.3, -0.25) is 0 Å². The summed E-state index contributed by atoms with van der Waals surface area (Å²) in [6, 6.07) is 2.74. The van der Waals surface area contributed by atoms with Crippen LogP contribution in [0, 0.1) is 0 Å². The van der Waals surface area contributed by atoms with Crippen molar-refractivity contribution in [1.82, 2.24) is 4.98 Å². The van der Waals surface area contributed by atoms with Gasteiger partial charge < -0.3 is 15.1 Å². The Balaban J connectivity index is 3.09. The third kappa shape index (κ3) is 4.16. The number of aliphatic hydroxyl groups is 1. The van der Waals surface area contributed by atoms with Gasteiger partial charge in [-0.25, -0.2) is 9.78 Å². The van der Waals surface area contributed by atoms with Crippen LogP contribution in [0.1, 0.15) is 31.1 Å². The van der Waals surface area contributed by atoms with Gasteiger partial charge in [0, 0.05) is 13.1 Å². The number of hydrogen-bond acceptors (Lipinski definition) is 4. The van der Waals surface area contributed by atoms with Crippen LogP contribution in [0.25, 0.3) is 0 Å². The van der Waals surface area contributed by atoms with Crippen molar-refractivity contribution in [1.29, 1.82) is 0 Å². The molecule has 1 aromatic rings. The first kappa shape index (κ1) is 14.7. The Kier molecular flexibility index (Phi) is 4.53. The molecule has 0 unspecified atom stereocenters. The molecule has 0 radical (unpaired) electrons. The Morgan fingerprint density at radius 3 is 2.56 bits per heavy atom. The molecule has 0 aromatic carbocycles. The summed E-state index contributed by atoms with van der Waals surface area (Å²) in [4.78, 5) is 16.8. The summed E-state index contributed by atoms with van der Waals surface area (Å²) in [7, 11) is 0. The van der Waals surface area contributed by atoms with E-state index in [2.05, 4.69) is 4.98 Å². The minimum absolute atomic E-state index is 0.0826. The van der Waals surface area contributed by atoms with Crippen LogP contribution in [0.15, 0.2) is 12.1 Å². The number of carboxylic acid groups (broad SMARTS) is 1. The van der Waals surface area contributed by atoms with E-state index in [0.717, 1.165) is 0 Å². The van der Waals surface area contributed by atoms with Crippen LogP contribution >= 0.6 is 11.6 Å². The molecule has 0 amide bonds. The summed E-state index contributed by atoms with van der Waals surface area (Å²) in [5.74, 6) is -0.607. The lowest BCUT2D eigenvalue weighted by Crippen LogP contribution is -2.39. The molecular formula is C12H17ClN2O3. The summed E-state index contributed by atoms with van der Waals surface area (Å²) >= 11 is 5.80. The van der Waals surface area contributed by atoms with E-state index in [1.54, 1.807) is 18.7 Å². The van der Waals surface area contributed by atoms with E-state index in [9.17, 15) is 9.90 Å². The van der Waals surface area contributed by atoms with Crippen LogP contribution < -0.4 is 4.90 Å². The van der Waals surface area contributed by atoms with Gasteiger partial charge in [0.25, 0.3) is 0 Å². The third-order valence-corrected chi connectivity index (χ3v) is 2.50. The highest BCUT2D eigenvalue weighted by Crippen LogP contribution is 2.20. The zero-order chi connectivity index (χ0) is 13.9. The maximum atomic E-state index is 10.9. The second-order valence-electron chi connectivity index (χ2n) is 4.67. The van der Waals surface area contributed by atoms with Crippen LogP contribution in [0.5, 0.6) is 0 Å². The summed E-state index contributed by atoms with van der Waals surface area (Å²) in [6.45, 7) is 6.19. The van der Waals surface area contributed by atoms with Crippen LogP contribution in [-0.4, -0.2) is 39.9 Å². The zero-order valence-electron chi connectivity index (χ0n) is 10.6. The summed E-state index contributed by atoms with van der Waals surface area (Å²) < 4.78 is 0. The minimum atomic E-state index is -1.06. The Bertz CT molecular complexity index is 443. The van der Waals surface area contributed by atoms with Crippen molar-refractivity contribution in [3.8, 4) is 0 Å². The summed E-state index contributed by atoms with van der Waals surface area (Å²) in [5, 5.41) is 18.9. The first-order valence-corrected chi connectivity index (χ1v) is 5.99. The van der Waals surface area contributed by atoms with Gasteiger partial charge in [0.1, 0.15) is 11.0 Å². The van der Waals surface area contributed by atoms with Crippen LogP contribution in [0.3, 0.4) is 0 Å². The second-order valence-corrected chi connectivity index (χ2v) is 5.06. The van der Waals surface area contributed by atoms with Crippen molar-refractivity contribution < 1.29 is 15.0 Å². The van der Waals surface area contributed by atoms with E-state index in [-0.39, 0.29) is 10.7 Å². The standard InChI is InChI=1S/C12H17ClN2O3/c1-4-15(7-12(2,3)18)10-6-8(11(16)17)5-9(13)14-10/h5-6,18H,4,7H2,1-3H3,(H,16,17). The second kappa shape index (κ2) is 5.54. The molecule has 0 aliphatic heterocycles. The van der Waals surface area contributed by atoms with Crippen molar-refractivity contribution >= 4 is 23.4 Å². The number of rotatable bonds is 5. The van der Waals surface area contributed by atoms with Gasteiger partial charge in [0.2, 0.25) is 0 Å². The monoisotopic (exact) mass is 272 g/mol. The molecule has 0 saturated heterocycles. The molecule has 1 rings (SSSR count). The van der Waals surface area contributed by atoms with Crippen molar-refractivity contribution in [3.05, 3.63) is 22.8 Å². The van der Waals surface area contributed by atoms with Crippen LogP contribution in [0.2, 0.25) is 5.15 Å². The zero-order valence-corrected chi connectivity index (χ0v) is 11.4. The van der Waals surface area contributed by atoms with Gasteiger partial charge in [-0.1, -0.05) is 11.6 Å². The SMILES string of the molecule is CCN(CC(C)(C)O)c1cc(C(=O)O)cc(Cl)n1. The van der Waals surface area contributed by atoms with E-state index in [0.29, 0.717) is 18.9 Å². The predicted molar refractivity (Wildman–Crippen MR) is 70.4 cm³/mol. The number of aromatic nitrogens is 1. The first-order chi connectivity index (χ1) is 8.23. The number of halogens is 1. The smallest absolute Gasteiger partial charge is 0.335 e. The maximum absolute atomic E-state index is 10.9. The fourth-order valence-electron chi connectivity index (χ4n) is 1.59. The molecule has 0 bridgehead atoms. The largest absolute Gasteiger partial charge is 0.478 e. The van der Waals surface area contributed by atoms with Gasteiger partial charge in [-0.05, 0) is 32.9 Å². The molecule has 0 aliphatic rings. The quantitative estimate of drug-likeness (QED) is 0.803. The van der Waals surface area contributed by atoms with E-state index < -0.39 is 11.6 Å². The number of aromatic carboxylic acids is 1. The van der Waals surface area contributed by atoms with Gasteiger partial charge in [0.05, 0.1) is 11.2 Å². The predicted octanol–water partition coefficient (Wildman–Crippen LogP) is 2.03. The first-order valence-electron chi connectivity index (χ1n) is 5.61. The number of anilines is 1. The Labute approximate surface area is 111 Å². The van der Waals surface area contributed by atoms with E-state index in [1.807, 2.05) is 6.92 Å². The molecule has 2 N–H and O–H groups in total. The molecule has 6 heteroatoms. The Morgan fingerprint density at radius 2 is 2.11 bits per heavy atom. The van der Waals surface area contributed by atoms with E-state index >= 15 is 0 Å². The van der Waals surface area contributed by atoms with E-state index in [1.165, 1.54) is 12.1 Å². The average molecular weight is 273 g/mol. The third-order valence-electron chi connectivity index (χ3n) is 2.31. The van der Waals surface area contributed by atoms with Gasteiger partial charge in [-0.2, -0.15) is 0 Å². The lowest BCUT2D eigenvalue weighted by Gasteiger charge is -2.29. The lowest BCUT2D eigenvalue weighted by molar-refractivity contribution is 0.0696. The fourth-order valence-corrected chi connectivity index (χ4v) is 1.79. The molecule has 18 heavy (non-hydrogen) atoms. The van der Waals surface area contributed by atoms with Gasteiger partial charge in [-0.15, -0.1) is 0 Å².